The van der Waals surface area contributed by atoms with Crippen LogP contribution < -0.4 is 0 Å². The van der Waals surface area contributed by atoms with Crippen LogP contribution in [0, 0.1) is 5.82 Å². The van der Waals surface area contributed by atoms with Crippen LogP contribution in [0.1, 0.15) is 114 Å². The fraction of sp³-hybridized carbons (Fsp3) is 0.515. The van der Waals surface area contributed by atoms with Gasteiger partial charge in [-0.25, -0.2) is 4.39 Å². The molecule has 0 aliphatic carbocycles. The normalized spacial score (nSPS) is 16.8. The number of aliphatic hydroxyl groups is 1. The van der Waals surface area contributed by atoms with E-state index in [4.69, 9.17) is 0 Å². The van der Waals surface area contributed by atoms with E-state index in [2.05, 4.69) is 22.9 Å². The Bertz CT molecular complexity index is 1080. The van der Waals surface area contributed by atoms with Crippen molar-refractivity contribution in [2.45, 2.75) is 103 Å². The molecule has 0 radical (unpaired) electrons. The van der Waals surface area contributed by atoms with Crippen LogP contribution in [-0.4, -0.2) is 28.2 Å². The van der Waals surface area contributed by atoms with Crippen molar-refractivity contribution in [3.63, 3.8) is 0 Å². The molecule has 1 N–H and O–H groups in total. The maximum absolute atomic E-state index is 13.7. The van der Waals surface area contributed by atoms with Crippen LogP contribution in [-0.2, 0) is 9.59 Å². The molecule has 3 rings (SSSR count). The van der Waals surface area contributed by atoms with Crippen LogP contribution in [0.15, 0.2) is 58.6 Å². The molecule has 2 aromatic rings. The van der Waals surface area contributed by atoms with E-state index in [9.17, 15) is 19.1 Å². The molecule has 6 heteroatoms. The van der Waals surface area contributed by atoms with Gasteiger partial charge in [0, 0.05) is 16.6 Å². The summed E-state index contributed by atoms with van der Waals surface area (Å²) in [6.07, 6.45) is 17.4. The lowest BCUT2D eigenvalue weighted by Crippen LogP contribution is -2.30. The summed E-state index contributed by atoms with van der Waals surface area (Å²) in [5.74, 6) is -1.91. The zero-order valence-corrected chi connectivity index (χ0v) is 24.9. The quantitative estimate of drug-likeness (QED) is 0.0852. The molecule has 0 aromatic heterocycles. The lowest BCUT2D eigenvalue weighted by atomic mass is 9.95. The van der Waals surface area contributed by atoms with Gasteiger partial charge in [-0.15, -0.1) is 0 Å². The number of hydrogen-bond donors (Lipinski definition) is 1. The SMILES string of the molecule is CCCCCCCCCCCCCCCCN1C(=O)C(=O)/C(=C(/O)c2ccc(Br)cc2)[C@H]1c1ccc(F)cc1. The molecular formula is C33H43BrFNO3. The third kappa shape index (κ3) is 9.30. The van der Waals surface area contributed by atoms with Crippen molar-refractivity contribution in [2.75, 3.05) is 6.54 Å². The molecule has 0 saturated carbocycles. The van der Waals surface area contributed by atoms with Crippen LogP contribution in [0.25, 0.3) is 5.76 Å². The van der Waals surface area contributed by atoms with Gasteiger partial charge in [-0.2, -0.15) is 0 Å². The monoisotopic (exact) mass is 599 g/mol. The fourth-order valence-electron chi connectivity index (χ4n) is 5.34. The summed E-state index contributed by atoms with van der Waals surface area (Å²) < 4.78 is 14.5. The Balaban J connectivity index is 1.52. The highest BCUT2D eigenvalue weighted by molar-refractivity contribution is 9.10. The first-order valence-electron chi connectivity index (χ1n) is 14.7. The Morgan fingerprint density at radius 3 is 1.77 bits per heavy atom. The predicted octanol–water partition coefficient (Wildman–Crippen LogP) is 9.49. The molecule has 1 amide bonds. The zero-order chi connectivity index (χ0) is 28.0. The van der Waals surface area contributed by atoms with Crippen molar-refractivity contribution < 1.29 is 19.1 Å². The highest BCUT2D eigenvalue weighted by Crippen LogP contribution is 2.39. The molecule has 0 spiro atoms. The summed E-state index contributed by atoms with van der Waals surface area (Å²) in [5.41, 5.74) is 1.12. The van der Waals surface area contributed by atoms with Gasteiger partial charge in [0.2, 0.25) is 0 Å². The molecular weight excluding hydrogens is 557 g/mol. The van der Waals surface area contributed by atoms with E-state index < -0.39 is 23.5 Å². The topological polar surface area (TPSA) is 57.6 Å². The second kappa shape index (κ2) is 16.6. The minimum atomic E-state index is -0.740. The van der Waals surface area contributed by atoms with Gasteiger partial charge in [0.25, 0.3) is 11.7 Å². The molecule has 2 aromatic carbocycles. The van der Waals surface area contributed by atoms with Crippen LogP contribution in [0.4, 0.5) is 4.39 Å². The van der Waals surface area contributed by atoms with Crippen molar-refractivity contribution >= 4 is 33.4 Å². The number of unbranched alkanes of at least 4 members (excludes halogenated alkanes) is 13. The number of benzene rings is 2. The molecule has 1 saturated heterocycles. The minimum Gasteiger partial charge on any atom is -0.507 e. The van der Waals surface area contributed by atoms with Crippen LogP contribution in [0.2, 0.25) is 0 Å². The number of nitrogens with zero attached hydrogens (tertiary/aromatic N) is 1. The van der Waals surface area contributed by atoms with E-state index in [0.717, 1.165) is 23.7 Å². The van der Waals surface area contributed by atoms with E-state index in [-0.39, 0.29) is 11.3 Å². The van der Waals surface area contributed by atoms with Crippen LogP contribution in [0.5, 0.6) is 0 Å². The summed E-state index contributed by atoms with van der Waals surface area (Å²) in [6, 6.07) is 12.0. The Kier molecular flexibility index (Phi) is 13.2. The van der Waals surface area contributed by atoms with Gasteiger partial charge < -0.3 is 10.0 Å². The molecule has 0 bridgehead atoms. The molecule has 1 fully saturated rings. The van der Waals surface area contributed by atoms with Gasteiger partial charge in [-0.1, -0.05) is 131 Å². The molecule has 0 unspecified atom stereocenters. The van der Waals surface area contributed by atoms with Gasteiger partial charge in [0.1, 0.15) is 11.6 Å². The maximum atomic E-state index is 13.7. The number of ketones is 1. The van der Waals surface area contributed by atoms with Crippen molar-refractivity contribution in [2.24, 2.45) is 0 Å². The summed E-state index contributed by atoms with van der Waals surface area (Å²) in [7, 11) is 0. The Hall–Kier alpha value is -2.47. The average Bonchev–Trinajstić information content (AvgIpc) is 3.18. The molecule has 212 valence electrons. The standard InChI is InChI=1S/C33H43BrFNO3/c1-2-3-4-5-6-7-8-9-10-11-12-13-14-15-24-36-30(25-18-22-28(35)23-19-25)29(32(38)33(36)39)31(37)26-16-20-27(34)21-17-26/h16-23,30,37H,2-15,24H2,1H3/b31-29+/t30-/m1/s1. The molecule has 1 atom stereocenters. The van der Waals surface area contributed by atoms with E-state index in [0.29, 0.717) is 17.7 Å². The van der Waals surface area contributed by atoms with Crippen molar-refractivity contribution in [3.05, 3.63) is 75.5 Å². The van der Waals surface area contributed by atoms with Crippen molar-refractivity contribution in [1.29, 1.82) is 0 Å². The fourth-order valence-corrected chi connectivity index (χ4v) is 5.61. The zero-order valence-electron chi connectivity index (χ0n) is 23.3. The number of carbonyl (C=O) groups is 2. The summed E-state index contributed by atoms with van der Waals surface area (Å²) in [5, 5.41) is 11.1. The third-order valence-corrected chi connectivity index (χ3v) is 8.12. The molecule has 39 heavy (non-hydrogen) atoms. The van der Waals surface area contributed by atoms with Gasteiger partial charge in [0.05, 0.1) is 11.6 Å². The first-order chi connectivity index (χ1) is 18.9. The van der Waals surface area contributed by atoms with E-state index in [1.54, 1.807) is 41.3 Å². The van der Waals surface area contributed by atoms with Gasteiger partial charge in [-0.05, 0) is 36.2 Å². The number of halogens is 2. The summed E-state index contributed by atoms with van der Waals surface area (Å²) >= 11 is 3.38. The van der Waals surface area contributed by atoms with Crippen molar-refractivity contribution in [1.82, 2.24) is 4.90 Å². The second-order valence-electron chi connectivity index (χ2n) is 10.6. The number of carbonyl (C=O) groups excluding carboxylic acids is 2. The number of hydrogen-bond acceptors (Lipinski definition) is 3. The summed E-state index contributed by atoms with van der Waals surface area (Å²) in [4.78, 5) is 27.7. The molecule has 4 nitrogen and oxygen atoms in total. The molecule has 1 aliphatic heterocycles. The van der Waals surface area contributed by atoms with Gasteiger partial charge >= 0.3 is 0 Å². The smallest absolute Gasteiger partial charge is 0.295 e. The number of Topliss-reactive ketones (excluding diaryl/α,β-unsaturated/α-hetero) is 1. The minimum absolute atomic E-state index is 0.0549. The first kappa shape index (κ1) is 31.1. The Morgan fingerprint density at radius 2 is 1.26 bits per heavy atom. The molecule has 1 heterocycles. The van der Waals surface area contributed by atoms with Crippen molar-refractivity contribution in [3.8, 4) is 0 Å². The van der Waals surface area contributed by atoms with Crippen LogP contribution >= 0.6 is 15.9 Å². The van der Waals surface area contributed by atoms with Gasteiger partial charge in [-0.3, -0.25) is 9.59 Å². The van der Waals surface area contributed by atoms with E-state index >= 15 is 0 Å². The van der Waals surface area contributed by atoms with Crippen LogP contribution in [0.3, 0.4) is 0 Å². The highest BCUT2D eigenvalue weighted by Gasteiger charge is 2.45. The number of amides is 1. The highest BCUT2D eigenvalue weighted by atomic mass is 79.9. The number of aliphatic hydroxyl groups excluding tert-OH is 1. The maximum Gasteiger partial charge on any atom is 0.295 e. The third-order valence-electron chi connectivity index (χ3n) is 7.60. The first-order valence-corrected chi connectivity index (χ1v) is 15.5. The number of rotatable bonds is 17. The number of likely N-dealkylation sites (tertiary alicyclic amines) is 1. The Morgan fingerprint density at radius 1 is 0.769 bits per heavy atom. The molecule has 1 aliphatic rings. The largest absolute Gasteiger partial charge is 0.507 e. The lowest BCUT2D eigenvalue weighted by Gasteiger charge is -2.25. The van der Waals surface area contributed by atoms with E-state index in [1.807, 2.05) is 0 Å². The Labute approximate surface area is 241 Å². The van der Waals surface area contributed by atoms with E-state index in [1.165, 1.54) is 82.8 Å². The lowest BCUT2D eigenvalue weighted by molar-refractivity contribution is -0.139. The summed E-state index contributed by atoms with van der Waals surface area (Å²) in [6.45, 7) is 2.67. The predicted molar refractivity (Wildman–Crippen MR) is 160 cm³/mol. The average molecular weight is 601 g/mol. The van der Waals surface area contributed by atoms with Gasteiger partial charge in [0.15, 0.2) is 0 Å². The second-order valence-corrected chi connectivity index (χ2v) is 11.6.